The van der Waals surface area contributed by atoms with Gasteiger partial charge in [0.1, 0.15) is 5.69 Å². The van der Waals surface area contributed by atoms with Gasteiger partial charge in [0.25, 0.3) is 5.91 Å². The number of aryl methyl sites for hydroxylation is 1. The van der Waals surface area contributed by atoms with Crippen molar-refractivity contribution >= 4 is 29.7 Å². The molecule has 0 atom stereocenters. The Morgan fingerprint density at radius 3 is 2.60 bits per heavy atom. The molecule has 2 N–H and O–H groups in total. The van der Waals surface area contributed by atoms with Crippen LogP contribution in [0.3, 0.4) is 0 Å². The molecule has 3 rings (SSSR count). The number of amides is 1. The van der Waals surface area contributed by atoms with Crippen LogP contribution in [-0.2, 0) is 12.6 Å². The number of benzene rings is 1. The van der Waals surface area contributed by atoms with E-state index in [2.05, 4.69) is 4.98 Å². The van der Waals surface area contributed by atoms with Crippen LogP contribution in [0, 0.1) is 6.92 Å². The molecular formula is C17H17ClF3N3O. The minimum atomic E-state index is -4.53. The van der Waals surface area contributed by atoms with E-state index < -0.39 is 11.9 Å². The molecule has 0 unspecified atom stereocenters. The number of hydrogen-bond donors (Lipinski definition) is 1. The number of pyridine rings is 1. The van der Waals surface area contributed by atoms with E-state index in [4.69, 9.17) is 5.73 Å². The average molecular weight is 372 g/mol. The molecular weight excluding hydrogens is 355 g/mol. The number of carbonyl (C=O) groups is 1. The molecule has 134 valence electrons. The Bertz CT molecular complexity index is 808. The zero-order chi connectivity index (χ0) is 17.5. The van der Waals surface area contributed by atoms with E-state index in [0.717, 1.165) is 24.5 Å². The summed E-state index contributed by atoms with van der Waals surface area (Å²) in [6.07, 6.45) is -3.01. The minimum absolute atomic E-state index is 0. The minimum Gasteiger partial charge on any atom is -0.398 e. The molecule has 4 nitrogen and oxygen atoms in total. The fraction of sp³-hybridized carbons (Fsp3) is 0.294. The molecule has 1 aliphatic heterocycles. The van der Waals surface area contributed by atoms with Gasteiger partial charge in [-0.15, -0.1) is 12.4 Å². The smallest absolute Gasteiger partial charge is 0.398 e. The normalized spacial score (nSPS) is 13.8. The van der Waals surface area contributed by atoms with E-state index in [0.29, 0.717) is 17.9 Å². The standard InChI is InChI=1S/C17H16F3N3O.ClH/c1-10-11(7-8-15(22-10)17(18,19)20)16(24)23-9-3-4-12-13(21)5-2-6-14(12)23;/h2,5-8H,3-4,9,21H2,1H3;1H. The van der Waals surface area contributed by atoms with Crippen LogP contribution in [0.1, 0.15) is 33.7 Å². The molecule has 0 saturated heterocycles. The molecule has 0 aliphatic carbocycles. The van der Waals surface area contributed by atoms with E-state index in [1.165, 1.54) is 13.0 Å². The zero-order valence-corrected chi connectivity index (χ0v) is 14.2. The quantitative estimate of drug-likeness (QED) is 0.771. The molecule has 1 amide bonds. The summed E-state index contributed by atoms with van der Waals surface area (Å²) in [5.74, 6) is -0.361. The second-order valence-corrected chi connectivity index (χ2v) is 5.73. The lowest BCUT2D eigenvalue weighted by Crippen LogP contribution is -2.36. The Morgan fingerprint density at radius 2 is 1.96 bits per heavy atom. The van der Waals surface area contributed by atoms with Gasteiger partial charge in [0.15, 0.2) is 0 Å². The third-order valence-corrected chi connectivity index (χ3v) is 4.14. The highest BCUT2D eigenvalue weighted by atomic mass is 35.5. The van der Waals surface area contributed by atoms with Crippen molar-refractivity contribution in [1.29, 1.82) is 0 Å². The van der Waals surface area contributed by atoms with Crippen molar-refractivity contribution in [3.8, 4) is 0 Å². The maximum Gasteiger partial charge on any atom is 0.433 e. The topological polar surface area (TPSA) is 59.2 Å². The van der Waals surface area contributed by atoms with E-state index in [1.807, 2.05) is 0 Å². The fourth-order valence-electron chi connectivity index (χ4n) is 2.95. The van der Waals surface area contributed by atoms with Crippen LogP contribution in [0.4, 0.5) is 24.5 Å². The van der Waals surface area contributed by atoms with Gasteiger partial charge in [-0.3, -0.25) is 4.79 Å². The first-order chi connectivity index (χ1) is 11.3. The molecule has 0 saturated carbocycles. The number of halogens is 4. The predicted octanol–water partition coefficient (Wildman–Crippen LogP) is 4.01. The number of carbonyl (C=O) groups excluding carboxylic acids is 1. The maximum atomic E-state index is 12.8. The van der Waals surface area contributed by atoms with Crippen LogP contribution in [0.15, 0.2) is 30.3 Å². The summed E-state index contributed by atoms with van der Waals surface area (Å²) in [4.78, 5) is 17.9. The Hall–Kier alpha value is -2.28. The molecule has 1 aromatic carbocycles. The van der Waals surface area contributed by atoms with E-state index in [1.54, 1.807) is 23.1 Å². The summed E-state index contributed by atoms with van der Waals surface area (Å²) in [7, 11) is 0. The number of anilines is 2. The number of nitrogens with two attached hydrogens (primary N) is 1. The highest BCUT2D eigenvalue weighted by Crippen LogP contribution is 2.33. The Kier molecular flexibility index (Phi) is 5.27. The summed E-state index contributed by atoms with van der Waals surface area (Å²) >= 11 is 0. The molecule has 25 heavy (non-hydrogen) atoms. The molecule has 0 bridgehead atoms. The van der Waals surface area contributed by atoms with E-state index >= 15 is 0 Å². The summed E-state index contributed by atoms with van der Waals surface area (Å²) in [6.45, 7) is 1.91. The summed E-state index contributed by atoms with van der Waals surface area (Å²) in [5, 5.41) is 0. The summed E-state index contributed by atoms with van der Waals surface area (Å²) in [6, 6.07) is 7.36. The highest BCUT2D eigenvalue weighted by Gasteiger charge is 2.33. The van der Waals surface area contributed by atoms with E-state index in [-0.39, 0.29) is 29.6 Å². The number of rotatable bonds is 1. The number of nitrogen functional groups attached to an aromatic ring is 1. The number of fused-ring (bicyclic) bond motifs is 1. The van der Waals surface area contributed by atoms with Gasteiger partial charge in [0.2, 0.25) is 0 Å². The molecule has 1 aromatic heterocycles. The van der Waals surface area contributed by atoms with Crippen molar-refractivity contribution < 1.29 is 18.0 Å². The van der Waals surface area contributed by atoms with Crippen molar-refractivity contribution in [3.63, 3.8) is 0 Å². The van der Waals surface area contributed by atoms with Crippen LogP contribution in [0.25, 0.3) is 0 Å². The first kappa shape index (κ1) is 19.1. The molecule has 0 fully saturated rings. The Balaban J connectivity index is 0.00000225. The molecule has 2 heterocycles. The fourth-order valence-corrected chi connectivity index (χ4v) is 2.95. The predicted molar refractivity (Wildman–Crippen MR) is 92.1 cm³/mol. The van der Waals surface area contributed by atoms with Crippen molar-refractivity contribution in [3.05, 3.63) is 52.8 Å². The van der Waals surface area contributed by atoms with Crippen molar-refractivity contribution in [2.45, 2.75) is 25.9 Å². The van der Waals surface area contributed by atoms with Gasteiger partial charge in [0, 0.05) is 17.9 Å². The molecule has 8 heteroatoms. The van der Waals surface area contributed by atoms with Crippen molar-refractivity contribution in [1.82, 2.24) is 4.98 Å². The molecule has 0 radical (unpaired) electrons. The van der Waals surface area contributed by atoms with Gasteiger partial charge < -0.3 is 10.6 Å². The van der Waals surface area contributed by atoms with Gasteiger partial charge in [-0.25, -0.2) is 4.98 Å². The SMILES string of the molecule is Cc1nc(C(F)(F)F)ccc1C(=O)N1CCCc2c(N)cccc21.Cl. The Labute approximate surface area is 149 Å². The van der Waals surface area contributed by atoms with Crippen LogP contribution >= 0.6 is 12.4 Å². The number of alkyl halides is 3. The second kappa shape index (κ2) is 6.92. The van der Waals surface area contributed by atoms with Crippen LogP contribution in [0.2, 0.25) is 0 Å². The van der Waals surface area contributed by atoms with Crippen molar-refractivity contribution in [2.75, 3.05) is 17.2 Å². The average Bonchev–Trinajstić information content (AvgIpc) is 2.53. The van der Waals surface area contributed by atoms with Gasteiger partial charge >= 0.3 is 6.18 Å². The number of hydrogen-bond acceptors (Lipinski definition) is 3. The molecule has 0 spiro atoms. The van der Waals surface area contributed by atoms with Gasteiger partial charge in [0.05, 0.1) is 11.3 Å². The lowest BCUT2D eigenvalue weighted by atomic mass is 9.99. The Morgan fingerprint density at radius 1 is 1.24 bits per heavy atom. The van der Waals surface area contributed by atoms with Crippen LogP contribution in [0.5, 0.6) is 0 Å². The van der Waals surface area contributed by atoms with Crippen LogP contribution in [-0.4, -0.2) is 17.4 Å². The third kappa shape index (κ3) is 3.56. The first-order valence-electron chi connectivity index (χ1n) is 7.53. The lowest BCUT2D eigenvalue weighted by molar-refractivity contribution is -0.141. The number of nitrogens with zero attached hydrogens (tertiary/aromatic N) is 2. The van der Waals surface area contributed by atoms with Crippen molar-refractivity contribution in [2.24, 2.45) is 0 Å². The highest BCUT2D eigenvalue weighted by molar-refractivity contribution is 6.07. The zero-order valence-electron chi connectivity index (χ0n) is 13.4. The monoisotopic (exact) mass is 371 g/mol. The van der Waals surface area contributed by atoms with Gasteiger partial charge in [-0.05, 0) is 49.6 Å². The van der Waals surface area contributed by atoms with Gasteiger partial charge in [-0.1, -0.05) is 6.07 Å². The first-order valence-corrected chi connectivity index (χ1v) is 7.53. The van der Waals surface area contributed by atoms with Gasteiger partial charge in [-0.2, -0.15) is 13.2 Å². The maximum absolute atomic E-state index is 12.8. The number of aromatic nitrogens is 1. The second-order valence-electron chi connectivity index (χ2n) is 5.73. The largest absolute Gasteiger partial charge is 0.433 e. The third-order valence-electron chi connectivity index (χ3n) is 4.14. The van der Waals surface area contributed by atoms with Crippen LogP contribution < -0.4 is 10.6 Å². The molecule has 1 aliphatic rings. The summed E-state index contributed by atoms with van der Waals surface area (Å²) in [5.41, 5.74) is 7.42. The lowest BCUT2D eigenvalue weighted by Gasteiger charge is -2.30. The van der Waals surface area contributed by atoms with E-state index in [9.17, 15) is 18.0 Å². The summed E-state index contributed by atoms with van der Waals surface area (Å²) < 4.78 is 38.2. The molecule has 2 aromatic rings.